The molecule has 0 aliphatic rings. The summed E-state index contributed by atoms with van der Waals surface area (Å²) in [5, 5.41) is 12.3. The third kappa shape index (κ3) is 2.53. The van der Waals surface area contributed by atoms with Gasteiger partial charge in [0.1, 0.15) is 6.04 Å². The van der Waals surface area contributed by atoms with Gasteiger partial charge in [0, 0.05) is 0 Å². The summed E-state index contributed by atoms with van der Waals surface area (Å²) < 4.78 is 4.87. The minimum Gasteiger partial charge on any atom is -0.480 e. The number of carboxylic acid groups (broad SMARTS) is 1. The molecular weight excluding hydrogens is 186 g/mol. The van der Waals surface area contributed by atoms with Crippen LogP contribution in [0.15, 0.2) is 4.52 Å². The monoisotopic (exact) mass is 199 g/mol. The van der Waals surface area contributed by atoms with Gasteiger partial charge in [0.05, 0.1) is 6.54 Å². The summed E-state index contributed by atoms with van der Waals surface area (Å²) in [6.07, 6.45) is 0. The zero-order valence-electron chi connectivity index (χ0n) is 8.39. The van der Waals surface area contributed by atoms with E-state index in [4.69, 9.17) is 9.63 Å². The van der Waals surface area contributed by atoms with Crippen molar-refractivity contribution in [1.82, 2.24) is 15.0 Å². The Labute approximate surface area is 81.5 Å². The van der Waals surface area contributed by atoms with Gasteiger partial charge in [-0.25, -0.2) is 0 Å². The Morgan fingerprint density at radius 3 is 2.79 bits per heavy atom. The fourth-order valence-corrected chi connectivity index (χ4v) is 0.943. The summed E-state index contributed by atoms with van der Waals surface area (Å²) in [7, 11) is 1.69. The maximum absolute atomic E-state index is 10.6. The molecule has 1 heterocycles. The average molecular weight is 199 g/mol. The molecule has 0 bridgehead atoms. The molecule has 0 fully saturated rings. The van der Waals surface area contributed by atoms with E-state index in [2.05, 4.69) is 10.1 Å². The minimum atomic E-state index is -0.872. The molecule has 14 heavy (non-hydrogen) atoms. The highest BCUT2D eigenvalue weighted by molar-refractivity contribution is 5.72. The molecule has 1 aromatic rings. The van der Waals surface area contributed by atoms with Crippen molar-refractivity contribution in [2.75, 3.05) is 7.05 Å². The number of carbonyl (C=O) groups is 1. The van der Waals surface area contributed by atoms with E-state index in [-0.39, 0.29) is 0 Å². The van der Waals surface area contributed by atoms with Crippen LogP contribution in [-0.4, -0.2) is 39.2 Å². The summed E-state index contributed by atoms with van der Waals surface area (Å²) in [5.74, 6) is 0.109. The summed E-state index contributed by atoms with van der Waals surface area (Å²) in [5.41, 5.74) is 0. The van der Waals surface area contributed by atoms with Crippen LogP contribution in [0.25, 0.3) is 0 Å². The van der Waals surface area contributed by atoms with Crippen LogP contribution in [0.5, 0.6) is 0 Å². The zero-order chi connectivity index (χ0) is 10.7. The van der Waals surface area contributed by atoms with E-state index in [1.807, 2.05) is 0 Å². The van der Waals surface area contributed by atoms with Crippen molar-refractivity contribution >= 4 is 5.97 Å². The first-order valence-electron chi connectivity index (χ1n) is 4.23. The minimum absolute atomic E-state index is 0.342. The maximum atomic E-state index is 10.6. The Bertz CT molecular complexity index is 323. The van der Waals surface area contributed by atoms with Gasteiger partial charge in [-0.15, -0.1) is 0 Å². The van der Waals surface area contributed by atoms with Gasteiger partial charge in [-0.05, 0) is 20.9 Å². The molecule has 1 aromatic heterocycles. The first-order valence-corrected chi connectivity index (χ1v) is 4.23. The number of aromatic nitrogens is 2. The Morgan fingerprint density at radius 1 is 1.71 bits per heavy atom. The van der Waals surface area contributed by atoms with E-state index in [9.17, 15) is 4.79 Å². The Morgan fingerprint density at radius 2 is 2.36 bits per heavy atom. The molecule has 0 aliphatic heterocycles. The molecule has 0 spiro atoms. The highest BCUT2D eigenvalue weighted by Crippen LogP contribution is 2.04. The molecule has 6 nitrogen and oxygen atoms in total. The van der Waals surface area contributed by atoms with Crippen LogP contribution < -0.4 is 0 Å². The molecule has 78 valence electrons. The standard InChI is InChI=1S/C8H13N3O3/c1-5(8(12)13)11(3)4-7-9-6(2)10-14-7/h5H,4H2,1-3H3,(H,12,13). The van der Waals surface area contributed by atoms with Gasteiger partial charge in [-0.3, -0.25) is 9.69 Å². The molecule has 1 N–H and O–H groups in total. The summed E-state index contributed by atoms with van der Waals surface area (Å²) in [4.78, 5) is 16.2. The highest BCUT2D eigenvalue weighted by Gasteiger charge is 2.18. The number of likely N-dealkylation sites (N-methyl/N-ethyl adjacent to an activating group) is 1. The van der Waals surface area contributed by atoms with E-state index in [0.29, 0.717) is 18.3 Å². The predicted molar refractivity (Wildman–Crippen MR) is 47.6 cm³/mol. The first-order chi connectivity index (χ1) is 6.50. The number of carboxylic acids is 1. The Hall–Kier alpha value is -1.43. The lowest BCUT2D eigenvalue weighted by Gasteiger charge is -2.18. The molecular formula is C8H13N3O3. The van der Waals surface area contributed by atoms with Gasteiger partial charge >= 0.3 is 5.97 Å². The molecule has 0 amide bonds. The number of rotatable bonds is 4. The lowest BCUT2D eigenvalue weighted by atomic mass is 10.3. The topological polar surface area (TPSA) is 79.5 Å². The van der Waals surface area contributed by atoms with Crippen molar-refractivity contribution in [2.45, 2.75) is 26.4 Å². The van der Waals surface area contributed by atoms with Crippen LogP contribution >= 0.6 is 0 Å². The molecule has 1 rings (SSSR count). The molecule has 6 heteroatoms. The highest BCUT2D eigenvalue weighted by atomic mass is 16.5. The van der Waals surface area contributed by atoms with Crippen molar-refractivity contribution < 1.29 is 14.4 Å². The van der Waals surface area contributed by atoms with E-state index in [1.54, 1.807) is 25.8 Å². The quantitative estimate of drug-likeness (QED) is 0.750. The van der Waals surface area contributed by atoms with Gasteiger partial charge in [-0.2, -0.15) is 4.98 Å². The predicted octanol–water partition coefficient (Wildman–Crippen LogP) is 0.283. The third-order valence-corrected chi connectivity index (χ3v) is 1.97. The second-order valence-corrected chi connectivity index (χ2v) is 3.16. The summed E-state index contributed by atoms with van der Waals surface area (Å²) in [6, 6.07) is -0.567. The zero-order valence-corrected chi connectivity index (χ0v) is 8.39. The van der Waals surface area contributed by atoms with Crippen LogP contribution in [-0.2, 0) is 11.3 Å². The van der Waals surface area contributed by atoms with Crippen molar-refractivity contribution in [1.29, 1.82) is 0 Å². The normalized spacial score (nSPS) is 13.1. The molecule has 0 radical (unpaired) electrons. The van der Waals surface area contributed by atoms with Gasteiger partial charge in [0.2, 0.25) is 5.89 Å². The van der Waals surface area contributed by atoms with Crippen LogP contribution in [0, 0.1) is 6.92 Å². The molecule has 0 aliphatic carbocycles. The van der Waals surface area contributed by atoms with E-state index < -0.39 is 12.0 Å². The van der Waals surface area contributed by atoms with E-state index >= 15 is 0 Å². The SMILES string of the molecule is Cc1noc(CN(C)C(C)C(=O)O)n1. The molecule has 0 saturated carbocycles. The van der Waals surface area contributed by atoms with E-state index in [1.165, 1.54) is 0 Å². The Balaban J connectivity index is 2.56. The number of hydrogen-bond acceptors (Lipinski definition) is 5. The van der Waals surface area contributed by atoms with Gasteiger partial charge < -0.3 is 9.63 Å². The van der Waals surface area contributed by atoms with Crippen molar-refractivity contribution in [2.24, 2.45) is 0 Å². The molecule has 0 aromatic carbocycles. The van der Waals surface area contributed by atoms with Gasteiger partial charge in [0.25, 0.3) is 0 Å². The second-order valence-electron chi connectivity index (χ2n) is 3.16. The first kappa shape index (κ1) is 10.6. The Kier molecular flexibility index (Phi) is 3.19. The largest absolute Gasteiger partial charge is 0.480 e. The molecule has 1 atom stereocenters. The fraction of sp³-hybridized carbons (Fsp3) is 0.625. The van der Waals surface area contributed by atoms with Crippen LogP contribution in [0.3, 0.4) is 0 Å². The maximum Gasteiger partial charge on any atom is 0.320 e. The van der Waals surface area contributed by atoms with Gasteiger partial charge in [0.15, 0.2) is 5.82 Å². The second kappa shape index (κ2) is 4.19. The molecule has 1 unspecified atom stereocenters. The van der Waals surface area contributed by atoms with E-state index in [0.717, 1.165) is 0 Å². The van der Waals surface area contributed by atoms with Crippen LogP contribution in [0.1, 0.15) is 18.6 Å². The summed E-state index contributed by atoms with van der Waals surface area (Å²) >= 11 is 0. The lowest BCUT2D eigenvalue weighted by molar-refractivity contribution is -0.142. The fourth-order valence-electron chi connectivity index (χ4n) is 0.943. The average Bonchev–Trinajstić information content (AvgIpc) is 2.49. The number of nitrogens with zero attached hydrogens (tertiary/aromatic N) is 3. The number of hydrogen-bond donors (Lipinski definition) is 1. The smallest absolute Gasteiger partial charge is 0.320 e. The number of aryl methyl sites for hydroxylation is 1. The van der Waals surface area contributed by atoms with Gasteiger partial charge in [-0.1, -0.05) is 5.16 Å². The summed E-state index contributed by atoms with van der Waals surface area (Å²) in [6.45, 7) is 3.66. The van der Waals surface area contributed by atoms with Crippen molar-refractivity contribution in [3.05, 3.63) is 11.7 Å². The molecule has 0 saturated heterocycles. The van der Waals surface area contributed by atoms with Crippen molar-refractivity contribution in [3.63, 3.8) is 0 Å². The third-order valence-electron chi connectivity index (χ3n) is 1.97. The van der Waals surface area contributed by atoms with Crippen molar-refractivity contribution in [3.8, 4) is 0 Å². The van der Waals surface area contributed by atoms with Crippen LogP contribution in [0.4, 0.5) is 0 Å². The van der Waals surface area contributed by atoms with Crippen LogP contribution in [0.2, 0.25) is 0 Å². The lowest BCUT2D eigenvalue weighted by Crippen LogP contribution is -2.35. The number of aliphatic carboxylic acids is 1.